The molecule has 0 amide bonds. The average molecular weight is 883 g/mol. The number of unbranched alkanes of at least 4 members (excludes halogenated alkanes) is 27. The molecule has 0 aromatic heterocycles. The highest BCUT2D eigenvalue weighted by molar-refractivity contribution is 6.74. The molecule has 60 heavy (non-hydrogen) atoms. The largest absolute Gasteiger partial charge is 0.481 e. The average Bonchev–Trinajstić information content (AvgIpc) is 3.15. The van der Waals surface area contributed by atoms with Gasteiger partial charge in [-0.3, -0.25) is 9.69 Å². The predicted molar refractivity (Wildman–Crippen MR) is 272 cm³/mol. The van der Waals surface area contributed by atoms with Crippen LogP contribution in [0.1, 0.15) is 267 Å². The van der Waals surface area contributed by atoms with Crippen molar-refractivity contribution >= 4 is 22.6 Å². The standard InChI is InChI=1S/C53H111NO4Si2/c1-13-15-17-19-21-23-25-27-29-31-33-35-37-39-43-49(57-59(9,10)52(3,4)5)47-54(46-42-41-45-51(55)56)48-50(58-60(11,12)53(6,7)8)44-40-38-36-34-32-30-28-26-24-22-20-18-16-14-2/h49-50H,13-48H2,1-12H3,(H,55,56). The van der Waals surface area contributed by atoms with Crippen LogP contribution in [0.2, 0.25) is 36.3 Å². The van der Waals surface area contributed by atoms with Gasteiger partial charge in [0.2, 0.25) is 0 Å². The molecule has 2 atom stereocenters. The SMILES string of the molecule is CCCCCCCCCCCCCCCCC(CN(CCCCC(=O)O)CC(CCCCCCCCCCCCCCCC)O[Si](C)(C)C(C)(C)C)O[Si](C)(C)C(C)(C)C. The van der Waals surface area contributed by atoms with Crippen molar-refractivity contribution in [1.82, 2.24) is 4.90 Å². The van der Waals surface area contributed by atoms with E-state index in [0.29, 0.717) is 0 Å². The molecule has 0 aromatic rings. The number of carbonyl (C=O) groups is 1. The van der Waals surface area contributed by atoms with E-state index in [4.69, 9.17) is 8.85 Å². The second-order valence-electron chi connectivity index (χ2n) is 22.4. The molecule has 0 saturated heterocycles. The molecule has 7 heteroatoms. The first-order valence-electron chi connectivity index (χ1n) is 26.7. The lowest BCUT2D eigenvalue weighted by atomic mass is 10.0. The Bertz CT molecular complexity index is 909. The van der Waals surface area contributed by atoms with Gasteiger partial charge >= 0.3 is 5.97 Å². The Morgan fingerprint density at radius 3 is 0.967 bits per heavy atom. The third-order valence-electron chi connectivity index (χ3n) is 14.3. The third kappa shape index (κ3) is 33.3. The fourth-order valence-corrected chi connectivity index (χ4v) is 10.9. The van der Waals surface area contributed by atoms with Crippen molar-refractivity contribution in [2.75, 3.05) is 19.6 Å². The van der Waals surface area contributed by atoms with Crippen LogP contribution in [0.5, 0.6) is 0 Å². The Hall–Kier alpha value is -0.216. The molecule has 0 radical (unpaired) electrons. The minimum absolute atomic E-state index is 0.162. The Balaban J connectivity index is 5.47. The van der Waals surface area contributed by atoms with Crippen LogP contribution in [-0.4, -0.2) is 64.5 Å². The lowest BCUT2D eigenvalue weighted by Gasteiger charge is -2.42. The van der Waals surface area contributed by atoms with Gasteiger partial charge in [0.05, 0.1) is 12.2 Å². The summed E-state index contributed by atoms with van der Waals surface area (Å²) in [5.74, 6) is -0.685. The molecule has 0 bridgehead atoms. The summed E-state index contributed by atoms with van der Waals surface area (Å²) < 4.78 is 14.6. The number of aliphatic carboxylic acids is 1. The molecule has 2 unspecified atom stereocenters. The highest BCUT2D eigenvalue weighted by Crippen LogP contribution is 2.39. The van der Waals surface area contributed by atoms with Gasteiger partial charge in [-0.25, -0.2) is 0 Å². The number of nitrogens with zero attached hydrogens (tertiary/aromatic N) is 1. The lowest BCUT2D eigenvalue weighted by Crippen LogP contribution is -2.50. The van der Waals surface area contributed by atoms with Crippen LogP contribution in [0.15, 0.2) is 0 Å². The Morgan fingerprint density at radius 2 is 0.717 bits per heavy atom. The van der Waals surface area contributed by atoms with Gasteiger partial charge in [0, 0.05) is 19.5 Å². The minimum Gasteiger partial charge on any atom is -0.481 e. The molecule has 1 N–H and O–H groups in total. The molecule has 0 aliphatic carbocycles. The molecule has 0 spiro atoms. The van der Waals surface area contributed by atoms with E-state index in [9.17, 15) is 9.90 Å². The predicted octanol–water partition coefficient (Wildman–Crippen LogP) is 18.1. The van der Waals surface area contributed by atoms with Crippen LogP contribution in [0, 0.1) is 0 Å². The molecular weight excluding hydrogens is 771 g/mol. The fourth-order valence-electron chi connectivity index (χ4n) is 8.14. The van der Waals surface area contributed by atoms with Crippen LogP contribution in [0.4, 0.5) is 0 Å². The minimum atomic E-state index is -1.98. The van der Waals surface area contributed by atoms with Crippen molar-refractivity contribution in [3.63, 3.8) is 0 Å². The highest BCUT2D eigenvalue weighted by Gasteiger charge is 2.41. The van der Waals surface area contributed by atoms with E-state index in [0.717, 1.165) is 45.3 Å². The van der Waals surface area contributed by atoms with E-state index in [-0.39, 0.29) is 28.7 Å². The third-order valence-corrected chi connectivity index (χ3v) is 23.4. The Labute approximate surface area is 380 Å². The summed E-state index contributed by atoms with van der Waals surface area (Å²) in [6.45, 7) is 31.2. The maximum atomic E-state index is 11.5. The number of carboxylic acid groups (broad SMARTS) is 1. The van der Waals surface area contributed by atoms with Crippen molar-refractivity contribution in [1.29, 1.82) is 0 Å². The summed E-state index contributed by atoms with van der Waals surface area (Å²) in [5, 5.41) is 9.77. The van der Waals surface area contributed by atoms with E-state index in [2.05, 4.69) is 86.5 Å². The molecular formula is C53H111NO4Si2. The normalized spacial score (nSPS) is 14.0. The van der Waals surface area contributed by atoms with E-state index >= 15 is 0 Å². The van der Waals surface area contributed by atoms with Gasteiger partial charge in [0.1, 0.15) is 0 Å². The van der Waals surface area contributed by atoms with Gasteiger partial charge in [0.15, 0.2) is 16.6 Å². The lowest BCUT2D eigenvalue weighted by molar-refractivity contribution is -0.137. The summed E-state index contributed by atoms with van der Waals surface area (Å²) in [5.41, 5.74) is 0. The summed E-state index contributed by atoms with van der Waals surface area (Å²) >= 11 is 0. The van der Waals surface area contributed by atoms with Crippen LogP contribution < -0.4 is 0 Å². The number of hydrogen-bond acceptors (Lipinski definition) is 4. The molecule has 0 saturated carbocycles. The van der Waals surface area contributed by atoms with Crippen molar-refractivity contribution in [3.05, 3.63) is 0 Å². The topological polar surface area (TPSA) is 59.0 Å². The van der Waals surface area contributed by atoms with Gasteiger partial charge in [-0.15, -0.1) is 0 Å². The Kier molecular flexibility index (Phi) is 35.9. The molecule has 0 aliphatic rings. The molecule has 5 nitrogen and oxygen atoms in total. The highest BCUT2D eigenvalue weighted by atomic mass is 28.4. The van der Waals surface area contributed by atoms with Gasteiger partial charge in [-0.05, 0) is 68.5 Å². The second-order valence-corrected chi connectivity index (χ2v) is 31.9. The second kappa shape index (κ2) is 36.1. The van der Waals surface area contributed by atoms with Crippen molar-refractivity contribution in [2.45, 2.75) is 316 Å². The quantitative estimate of drug-likeness (QED) is 0.0488. The first-order valence-corrected chi connectivity index (χ1v) is 32.5. The van der Waals surface area contributed by atoms with Gasteiger partial charge < -0.3 is 14.0 Å². The van der Waals surface area contributed by atoms with Crippen LogP contribution in [-0.2, 0) is 13.6 Å². The number of rotatable bonds is 43. The van der Waals surface area contributed by atoms with Crippen LogP contribution in [0.25, 0.3) is 0 Å². The summed E-state index contributed by atoms with van der Waals surface area (Å²) in [4.78, 5) is 14.1. The van der Waals surface area contributed by atoms with Gasteiger partial charge in [0.25, 0.3) is 0 Å². The van der Waals surface area contributed by atoms with E-state index in [1.54, 1.807) is 0 Å². The summed E-state index contributed by atoms with van der Waals surface area (Å²) in [6.07, 6.45) is 43.2. The molecule has 0 heterocycles. The monoisotopic (exact) mass is 882 g/mol. The summed E-state index contributed by atoms with van der Waals surface area (Å²) in [7, 11) is -3.96. The molecule has 360 valence electrons. The zero-order chi connectivity index (χ0) is 45.2. The zero-order valence-electron chi connectivity index (χ0n) is 43.2. The molecule has 0 rings (SSSR count). The summed E-state index contributed by atoms with van der Waals surface area (Å²) in [6, 6.07) is 0. The van der Waals surface area contributed by atoms with Crippen molar-refractivity contribution < 1.29 is 18.8 Å². The van der Waals surface area contributed by atoms with Gasteiger partial charge in [-0.2, -0.15) is 0 Å². The first kappa shape index (κ1) is 59.8. The Morgan fingerprint density at radius 1 is 0.450 bits per heavy atom. The van der Waals surface area contributed by atoms with Crippen molar-refractivity contribution in [2.24, 2.45) is 0 Å². The van der Waals surface area contributed by atoms with Crippen LogP contribution in [0.3, 0.4) is 0 Å². The maximum absolute atomic E-state index is 11.5. The van der Waals surface area contributed by atoms with E-state index in [1.165, 1.54) is 180 Å². The van der Waals surface area contributed by atoms with Gasteiger partial charge in [-0.1, -0.05) is 235 Å². The molecule has 0 fully saturated rings. The number of carboxylic acids is 1. The maximum Gasteiger partial charge on any atom is 0.303 e. The zero-order valence-corrected chi connectivity index (χ0v) is 45.2. The smallest absolute Gasteiger partial charge is 0.303 e. The fraction of sp³-hybridized carbons (Fsp3) is 0.981. The number of hydrogen-bond donors (Lipinski definition) is 1. The van der Waals surface area contributed by atoms with E-state index < -0.39 is 22.6 Å². The van der Waals surface area contributed by atoms with E-state index in [1.807, 2.05) is 0 Å². The first-order chi connectivity index (χ1) is 28.4. The van der Waals surface area contributed by atoms with Crippen molar-refractivity contribution in [3.8, 4) is 0 Å². The van der Waals surface area contributed by atoms with Crippen LogP contribution >= 0.6 is 0 Å². The molecule has 0 aliphatic heterocycles. The molecule has 0 aromatic carbocycles.